The molecule has 0 bridgehead atoms. The molecule has 0 saturated carbocycles. The zero-order chi connectivity index (χ0) is 56.3. The van der Waals surface area contributed by atoms with Crippen LogP contribution in [-0.2, 0) is 5.41 Å². The summed E-state index contributed by atoms with van der Waals surface area (Å²) in [5.41, 5.74) is 17.5. The quantitative estimate of drug-likeness (QED) is 0.148. The van der Waals surface area contributed by atoms with E-state index >= 15 is 0 Å². The van der Waals surface area contributed by atoms with Gasteiger partial charge in [0.25, 0.3) is 0 Å². The molecule has 0 spiro atoms. The minimum absolute atomic E-state index is 0.225. The van der Waals surface area contributed by atoms with Crippen LogP contribution < -0.4 is 0 Å². The molecule has 0 unspecified atom stereocenters. The second kappa shape index (κ2) is 18.9. The Kier molecular flexibility index (Phi) is 10.8. The van der Waals surface area contributed by atoms with Crippen LogP contribution in [0.15, 0.2) is 264 Å². The number of nitrogens with zero attached hydrogens (tertiary/aromatic N) is 6. The maximum absolute atomic E-state index is 7.16. The Bertz CT molecular complexity index is 5340. The Morgan fingerprint density at radius 1 is 0.259 bits per heavy atom. The molecule has 0 amide bonds. The first kappa shape index (κ1) is 48.5. The number of para-hydroxylation sites is 1. The SMILES string of the molecule is CC1(C)c2ccccc2-c2c1cc(-c1nc(-c3ccccc3)nc(-c3ccc4c(c3)oc3cccc(-c5cccc6c5oc5cc(-c7cccc(-c8nc(-c9ccccc9)nc(-c9ccccc9)n8)c7)c7ccccc7c56)c34)n1)c1ccccc21. The van der Waals surface area contributed by atoms with Crippen molar-refractivity contribution in [2.75, 3.05) is 0 Å². The molecule has 1 aliphatic carbocycles. The Morgan fingerprint density at radius 2 is 0.753 bits per heavy atom. The minimum atomic E-state index is -0.225. The first-order valence-electron chi connectivity index (χ1n) is 28.7. The van der Waals surface area contributed by atoms with Gasteiger partial charge in [-0.15, -0.1) is 0 Å². The number of aromatic nitrogens is 6. The molecule has 0 radical (unpaired) electrons. The van der Waals surface area contributed by atoms with Crippen molar-refractivity contribution in [3.63, 3.8) is 0 Å². The predicted octanol–water partition coefficient (Wildman–Crippen LogP) is 19.8. The molecule has 0 N–H and O–H groups in total. The number of rotatable bonds is 8. The van der Waals surface area contributed by atoms with Gasteiger partial charge in [-0.05, 0) is 96.9 Å². The van der Waals surface area contributed by atoms with E-state index in [2.05, 4.69) is 184 Å². The summed E-state index contributed by atoms with van der Waals surface area (Å²) in [6.45, 7) is 4.63. The van der Waals surface area contributed by atoms with Crippen molar-refractivity contribution in [1.82, 2.24) is 29.9 Å². The van der Waals surface area contributed by atoms with Crippen molar-refractivity contribution in [2.45, 2.75) is 19.3 Å². The lowest BCUT2D eigenvalue weighted by molar-refractivity contribution is 0.661. The van der Waals surface area contributed by atoms with Crippen LogP contribution in [-0.4, -0.2) is 29.9 Å². The van der Waals surface area contributed by atoms with E-state index in [1.54, 1.807) is 0 Å². The lowest BCUT2D eigenvalue weighted by atomic mass is 9.81. The summed E-state index contributed by atoms with van der Waals surface area (Å²) in [7, 11) is 0. The van der Waals surface area contributed by atoms with E-state index in [1.165, 1.54) is 27.6 Å². The van der Waals surface area contributed by atoms with Gasteiger partial charge in [-0.25, -0.2) is 29.9 Å². The Morgan fingerprint density at radius 3 is 1.44 bits per heavy atom. The molecule has 8 heteroatoms. The second-order valence-electron chi connectivity index (χ2n) is 22.5. The third kappa shape index (κ3) is 7.76. The topological polar surface area (TPSA) is 104 Å². The molecule has 4 heterocycles. The number of furan rings is 2. The molecule has 1 aliphatic rings. The Hall–Kier alpha value is -11.2. The highest BCUT2D eigenvalue weighted by atomic mass is 16.3. The summed E-state index contributed by atoms with van der Waals surface area (Å²) in [5.74, 6) is 3.60. The molecular weight excluding hydrogens is 1040 g/mol. The molecule has 0 aliphatic heterocycles. The maximum Gasteiger partial charge on any atom is 0.164 e. The maximum atomic E-state index is 7.16. The molecule has 0 fully saturated rings. The van der Waals surface area contributed by atoms with E-state index in [0.29, 0.717) is 34.9 Å². The van der Waals surface area contributed by atoms with E-state index in [9.17, 15) is 0 Å². The fourth-order valence-electron chi connectivity index (χ4n) is 13.1. The van der Waals surface area contributed by atoms with Gasteiger partial charge in [0.1, 0.15) is 22.3 Å². The van der Waals surface area contributed by atoms with Gasteiger partial charge >= 0.3 is 0 Å². The van der Waals surface area contributed by atoms with Gasteiger partial charge in [-0.1, -0.05) is 232 Å². The normalized spacial score (nSPS) is 12.7. The van der Waals surface area contributed by atoms with Crippen LogP contribution in [0.3, 0.4) is 0 Å². The van der Waals surface area contributed by atoms with E-state index in [4.69, 9.17) is 38.7 Å². The number of hydrogen-bond donors (Lipinski definition) is 0. The van der Waals surface area contributed by atoms with E-state index in [1.807, 2.05) is 84.9 Å². The third-order valence-electron chi connectivity index (χ3n) is 17.2. The van der Waals surface area contributed by atoms with Crippen molar-refractivity contribution in [2.24, 2.45) is 0 Å². The first-order chi connectivity index (χ1) is 41.9. The summed E-state index contributed by atoms with van der Waals surface area (Å²) in [6.07, 6.45) is 0. The highest BCUT2D eigenvalue weighted by Crippen LogP contribution is 2.53. The van der Waals surface area contributed by atoms with Crippen molar-refractivity contribution in [1.29, 1.82) is 0 Å². The molecule has 4 aromatic heterocycles. The highest BCUT2D eigenvalue weighted by molar-refractivity contribution is 6.25. The van der Waals surface area contributed by atoms with Crippen LogP contribution in [0.1, 0.15) is 25.0 Å². The third-order valence-corrected chi connectivity index (χ3v) is 17.2. The molecule has 12 aromatic carbocycles. The predicted molar refractivity (Wildman–Crippen MR) is 344 cm³/mol. The largest absolute Gasteiger partial charge is 0.456 e. The summed E-state index contributed by atoms with van der Waals surface area (Å²) in [6, 6.07) is 88.4. The van der Waals surface area contributed by atoms with Crippen LogP contribution in [0.2, 0.25) is 0 Å². The monoisotopic (exact) mass is 1090 g/mol. The van der Waals surface area contributed by atoms with Gasteiger partial charge in [-0.3, -0.25) is 0 Å². The molecule has 0 atom stereocenters. The molecule has 85 heavy (non-hydrogen) atoms. The summed E-state index contributed by atoms with van der Waals surface area (Å²) in [4.78, 5) is 30.9. The van der Waals surface area contributed by atoms with Gasteiger partial charge in [0.15, 0.2) is 34.9 Å². The summed E-state index contributed by atoms with van der Waals surface area (Å²) >= 11 is 0. The van der Waals surface area contributed by atoms with Crippen LogP contribution in [0.25, 0.3) is 167 Å². The average Bonchev–Trinajstić information content (AvgIpc) is 1.93. The van der Waals surface area contributed by atoms with Crippen molar-refractivity contribution >= 4 is 65.4 Å². The number of fused-ring (bicyclic) bond motifs is 13. The molecule has 398 valence electrons. The van der Waals surface area contributed by atoms with Gasteiger partial charge in [0.2, 0.25) is 0 Å². The summed E-state index contributed by atoms with van der Waals surface area (Å²) in [5, 5.41) is 8.56. The van der Waals surface area contributed by atoms with Gasteiger partial charge in [-0.2, -0.15) is 0 Å². The Labute approximate surface area is 488 Å². The molecule has 0 saturated heterocycles. The van der Waals surface area contributed by atoms with Crippen LogP contribution in [0.5, 0.6) is 0 Å². The van der Waals surface area contributed by atoms with E-state index < -0.39 is 0 Å². The van der Waals surface area contributed by atoms with Crippen molar-refractivity contribution < 1.29 is 8.83 Å². The zero-order valence-corrected chi connectivity index (χ0v) is 46.2. The fraction of sp³-hybridized carbons (Fsp3) is 0.0390. The van der Waals surface area contributed by atoms with Gasteiger partial charge in [0.05, 0.1) is 0 Å². The second-order valence-corrected chi connectivity index (χ2v) is 22.5. The minimum Gasteiger partial charge on any atom is -0.456 e. The van der Waals surface area contributed by atoms with Crippen molar-refractivity contribution in [3.8, 4) is 102 Å². The van der Waals surface area contributed by atoms with Crippen molar-refractivity contribution in [3.05, 3.63) is 266 Å². The van der Waals surface area contributed by atoms with Crippen LogP contribution >= 0.6 is 0 Å². The highest BCUT2D eigenvalue weighted by Gasteiger charge is 2.37. The zero-order valence-electron chi connectivity index (χ0n) is 46.2. The molecule has 8 nitrogen and oxygen atoms in total. The number of hydrogen-bond acceptors (Lipinski definition) is 8. The fourth-order valence-corrected chi connectivity index (χ4v) is 13.1. The van der Waals surface area contributed by atoms with Gasteiger partial charge in [0, 0.05) is 65.9 Å². The molecule has 16 aromatic rings. The smallest absolute Gasteiger partial charge is 0.164 e. The summed E-state index contributed by atoms with van der Waals surface area (Å²) < 4.78 is 14.0. The van der Waals surface area contributed by atoms with Crippen LogP contribution in [0, 0.1) is 0 Å². The Balaban J connectivity index is 0.786. The van der Waals surface area contributed by atoms with E-state index in [-0.39, 0.29) is 5.41 Å². The van der Waals surface area contributed by atoms with E-state index in [0.717, 1.165) is 116 Å². The average molecular weight is 1090 g/mol. The first-order valence-corrected chi connectivity index (χ1v) is 28.7. The molecule has 17 rings (SSSR count). The lowest BCUT2D eigenvalue weighted by Crippen LogP contribution is -2.15. The van der Waals surface area contributed by atoms with Crippen LogP contribution in [0.4, 0.5) is 0 Å². The molecular formula is C77H48N6O2. The van der Waals surface area contributed by atoms with Gasteiger partial charge < -0.3 is 8.83 Å². The lowest BCUT2D eigenvalue weighted by Gasteiger charge is -2.22. The number of benzene rings is 12. The standard InChI is InChI=1S/C77H48N6O2/c1-77(2)62-37-17-16-33-57(62)67-53-31-14-13-30-52(53)61(43-63(67)77)76-82-73(47-25-10-5-11-26-47)81-75(83-76)50-39-40-58-65(42-50)84-64-38-20-34-55(68(58)64)56-35-19-36-59-69-54-32-15-12-29-51(54)60(44-66(69)85-70(56)59)48-27-18-28-49(41-48)74-79-71(45-21-6-3-7-22-45)78-72(80-74)46-23-8-4-9-24-46/h3-44H,1-2H3.